The topological polar surface area (TPSA) is 45.7 Å². The zero-order valence-electron chi connectivity index (χ0n) is 13.0. The summed E-state index contributed by atoms with van der Waals surface area (Å²) in [5.74, 6) is 0.801. The van der Waals surface area contributed by atoms with Crippen LogP contribution in [0.1, 0.15) is 24.2 Å². The smallest absolute Gasteiger partial charge is 0.255 e. The van der Waals surface area contributed by atoms with Gasteiger partial charge in [0.2, 0.25) is 5.88 Å². The van der Waals surface area contributed by atoms with Crippen LogP contribution in [-0.2, 0) is 0 Å². The molecule has 1 amide bonds. The summed E-state index contributed by atoms with van der Waals surface area (Å²) >= 11 is 6.10. The summed E-state index contributed by atoms with van der Waals surface area (Å²) < 4.78 is 5.29. The molecule has 0 radical (unpaired) electrons. The van der Waals surface area contributed by atoms with Crippen molar-refractivity contribution >= 4 is 17.5 Å². The molecule has 6 heteroatoms. The minimum absolute atomic E-state index is 0.0244. The van der Waals surface area contributed by atoms with Crippen LogP contribution in [0.2, 0.25) is 5.02 Å². The predicted molar refractivity (Wildman–Crippen MR) is 83.0 cm³/mol. The van der Waals surface area contributed by atoms with Crippen molar-refractivity contribution < 1.29 is 9.53 Å². The van der Waals surface area contributed by atoms with Gasteiger partial charge in [0.25, 0.3) is 5.91 Å². The first-order valence-electron chi connectivity index (χ1n) is 7.18. The highest BCUT2D eigenvalue weighted by atomic mass is 35.5. The van der Waals surface area contributed by atoms with Crippen LogP contribution >= 0.6 is 11.6 Å². The monoisotopic (exact) mass is 311 g/mol. The molecule has 2 atom stereocenters. The van der Waals surface area contributed by atoms with Crippen molar-refractivity contribution in [3.63, 3.8) is 0 Å². The second-order valence-electron chi connectivity index (χ2n) is 5.66. The van der Waals surface area contributed by atoms with E-state index in [1.807, 2.05) is 25.9 Å². The van der Waals surface area contributed by atoms with Gasteiger partial charge in [0, 0.05) is 25.3 Å². The highest BCUT2D eigenvalue weighted by Crippen LogP contribution is 2.25. The first kappa shape index (κ1) is 16.0. The van der Waals surface area contributed by atoms with E-state index in [0.717, 1.165) is 13.1 Å². The van der Waals surface area contributed by atoms with E-state index in [4.69, 9.17) is 16.3 Å². The fourth-order valence-electron chi connectivity index (χ4n) is 2.76. The summed E-state index contributed by atoms with van der Waals surface area (Å²) in [4.78, 5) is 20.7. The maximum atomic E-state index is 12.5. The second kappa shape index (κ2) is 6.62. The number of carbonyl (C=O) groups excluding carboxylic acids is 1. The molecule has 1 aromatic rings. The van der Waals surface area contributed by atoms with Crippen molar-refractivity contribution in [2.24, 2.45) is 5.92 Å². The number of pyridine rings is 1. The van der Waals surface area contributed by atoms with Crippen LogP contribution in [0.25, 0.3) is 0 Å². The number of nitrogens with zero attached hydrogens (tertiary/aromatic N) is 3. The number of ether oxygens (including phenoxy) is 1. The van der Waals surface area contributed by atoms with Gasteiger partial charge < -0.3 is 14.5 Å². The Morgan fingerprint density at radius 3 is 2.76 bits per heavy atom. The van der Waals surface area contributed by atoms with Crippen LogP contribution in [0.5, 0.6) is 5.88 Å². The van der Waals surface area contributed by atoms with E-state index >= 15 is 0 Å². The number of amides is 1. The van der Waals surface area contributed by atoms with E-state index in [0.29, 0.717) is 35.0 Å². The van der Waals surface area contributed by atoms with Crippen LogP contribution in [0.4, 0.5) is 0 Å². The molecule has 0 unspecified atom stereocenters. The fourth-order valence-corrected chi connectivity index (χ4v) is 2.98. The van der Waals surface area contributed by atoms with Crippen molar-refractivity contribution in [1.29, 1.82) is 0 Å². The summed E-state index contributed by atoms with van der Waals surface area (Å²) in [7, 11) is 4.09. The molecule has 1 aliphatic rings. The molecule has 5 nitrogen and oxygen atoms in total. The largest absolute Gasteiger partial charge is 0.477 e. The Hall–Kier alpha value is -1.33. The molecule has 0 bridgehead atoms. The molecule has 0 spiro atoms. The molecule has 1 fully saturated rings. The molecule has 2 rings (SSSR count). The third kappa shape index (κ3) is 3.47. The number of likely N-dealkylation sites (N-methyl/N-ethyl adjacent to an activating group) is 1. The van der Waals surface area contributed by atoms with Crippen molar-refractivity contribution in [2.75, 3.05) is 33.8 Å². The van der Waals surface area contributed by atoms with Crippen LogP contribution in [0.3, 0.4) is 0 Å². The summed E-state index contributed by atoms with van der Waals surface area (Å²) in [6.45, 7) is 6.02. The number of hydrogen-bond donors (Lipinski definition) is 0. The molecule has 1 saturated heterocycles. The first-order valence-corrected chi connectivity index (χ1v) is 7.55. The van der Waals surface area contributed by atoms with E-state index in [2.05, 4.69) is 16.8 Å². The lowest BCUT2D eigenvalue weighted by atomic mass is 10.1. The molecule has 0 N–H and O–H groups in total. The van der Waals surface area contributed by atoms with Gasteiger partial charge in [-0.3, -0.25) is 4.79 Å². The third-order valence-corrected chi connectivity index (χ3v) is 4.13. The maximum absolute atomic E-state index is 12.5. The van der Waals surface area contributed by atoms with Crippen molar-refractivity contribution in [3.8, 4) is 5.88 Å². The standard InChI is InChI=1S/C15H22ClN3O2/c1-5-21-14-12(16)6-11(7-17-14)15(20)19-8-10(2)13(9-19)18(3)4/h6-7,10,13H,5,8-9H2,1-4H3/t10-,13+/m1/s1. The van der Waals surface area contributed by atoms with Gasteiger partial charge in [-0.25, -0.2) is 4.98 Å². The second-order valence-corrected chi connectivity index (χ2v) is 6.07. The quantitative estimate of drug-likeness (QED) is 0.855. The molecule has 1 aliphatic heterocycles. The average molecular weight is 312 g/mol. The van der Waals surface area contributed by atoms with Crippen LogP contribution in [0, 0.1) is 5.92 Å². The summed E-state index contributed by atoms with van der Waals surface area (Å²) in [6, 6.07) is 2.02. The Labute approximate surface area is 130 Å². The minimum Gasteiger partial charge on any atom is -0.477 e. The lowest BCUT2D eigenvalue weighted by Gasteiger charge is -2.22. The summed E-state index contributed by atoms with van der Waals surface area (Å²) in [5.41, 5.74) is 0.509. The number of rotatable bonds is 4. The van der Waals surface area contributed by atoms with Gasteiger partial charge in [-0.1, -0.05) is 18.5 Å². The van der Waals surface area contributed by atoms with E-state index in [9.17, 15) is 4.79 Å². The van der Waals surface area contributed by atoms with Crippen molar-refractivity contribution in [2.45, 2.75) is 19.9 Å². The van der Waals surface area contributed by atoms with Crippen molar-refractivity contribution in [3.05, 3.63) is 22.8 Å². The third-order valence-electron chi connectivity index (χ3n) is 3.86. The summed E-state index contributed by atoms with van der Waals surface area (Å²) in [6.07, 6.45) is 1.53. The van der Waals surface area contributed by atoms with Gasteiger partial charge in [-0.2, -0.15) is 0 Å². The van der Waals surface area contributed by atoms with Crippen LogP contribution in [0.15, 0.2) is 12.3 Å². The lowest BCUT2D eigenvalue weighted by molar-refractivity contribution is 0.0781. The van der Waals surface area contributed by atoms with Crippen LogP contribution < -0.4 is 4.74 Å². The number of likely N-dealkylation sites (tertiary alicyclic amines) is 1. The zero-order valence-corrected chi connectivity index (χ0v) is 13.7. The van der Waals surface area contributed by atoms with Gasteiger partial charge in [0.1, 0.15) is 5.02 Å². The zero-order chi connectivity index (χ0) is 15.6. The van der Waals surface area contributed by atoms with Gasteiger partial charge in [-0.05, 0) is 33.0 Å². The molecule has 21 heavy (non-hydrogen) atoms. The lowest BCUT2D eigenvalue weighted by Crippen LogP contribution is -2.35. The highest BCUT2D eigenvalue weighted by Gasteiger charge is 2.34. The van der Waals surface area contributed by atoms with Gasteiger partial charge in [0.05, 0.1) is 12.2 Å². The highest BCUT2D eigenvalue weighted by molar-refractivity contribution is 6.32. The van der Waals surface area contributed by atoms with E-state index in [-0.39, 0.29) is 5.91 Å². The number of aromatic nitrogens is 1. The average Bonchev–Trinajstić information content (AvgIpc) is 2.82. The molecule has 1 aromatic heterocycles. The molecule has 116 valence electrons. The molecule has 0 aromatic carbocycles. The number of hydrogen-bond acceptors (Lipinski definition) is 4. The maximum Gasteiger partial charge on any atom is 0.255 e. The fraction of sp³-hybridized carbons (Fsp3) is 0.600. The molecule has 0 aliphatic carbocycles. The Morgan fingerprint density at radius 2 is 2.24 bits per heavy atom. The minimum atomic E-state index is -0.0244. The number of carbonyl (C=O) groups is 1. The van der Waals surface area contributed by atoms with E-state index in [1.54, 1.807) is 6.07 Å². The molecule has 2 heterocycles. The first-order chi connectivity index (χ1) is 9.93. The van der Waals surface area contributed by atoms with Gasteiger partial charge in [0.15, 0.2) is 0 Å². The molecule has 0 saturated carbocycles. The van der Waals surface area contributed by atoms with E-state index < -0.39 is 0 Å². The van der Waals surface area contributed by atoms with Crippen LogP contribution in [-0.4, -0.2) is 60.5 Å². The molecular formula is C15H22ClN3O2. The normalized spacial score (nSPS) is 21.9. The summed E-state index contributed by atoms with van der Waals surface area (Å²) in [5, 5.41) is 0.374. The predicted octanol–water partition coefficient (Wildman–Crippen LogP) is 2.16. The van der Waals surface area contributed by atoms with Gasteiger partial charge >= 0.3 is 0 Å². The Balaban J connectivity index is 2.12. The molecular weight excluding hydrogens is 290 g/mol. The Kier molecular flexibility index (Phi) is 5.06. The van der Waals surface area contributed by atoms with Crippen molar-refractivity contribution in [1.82, 2.24) is 14.8 Å². The Bertz CT molecular complexity index is 522. The van der Waals surface area contributed by atoms with E-state index in [1.165, 1.54) is 6.20 Å². The Morgan fingerprint density at radius 1 is 1.52 bits per heavy atom. The SMILES string of the molecule is CCOc1ncc(C(=O)N2C[C@@H](C)[C@@H](N(C)C)C2)cc1Cl. The van der Waals surface area contributed by atoms with Gasteiger partial charge in [-0.15, -0.1) is 0 Å². The number of halogens is 1.